The number of carboxylic acids is 1. The SMILES string of the molecule is NC(Cc1cccc(CO)c1)C(=O)O. The molecule has 1 aromatic carbocycles. The lowest BCUT2D eigenvalue weighted by molar-refractivity contribution is -0.138. The van der Waals surface area contributed by atoms with Crippen molar-refractivity contribution in [2.75, 3.05) is 0 Å². The molecule has 0 heterocycles. The first-order chi connectivity index (χ1) is 6.63. The van der Waals surface area contributed by atoms with Crippen LogP contribution in [0.15, 0.2) is 24.3 Å². The van der Waals surface area contributed by atoms with Crippen LogP contribution in [0.25, 0.3) is 0 Å². The van der Waals surface area contributed by atoms with E-state index in [1.807, 2.05) is 0 Å². The van der Waals surface area contributed by atoms with Crippen molar-refractivity contribution in [3.63, 3.8) is 0 Å². The molecular weight excluding hydrogens is 182 g/mol. The summed E-state index contributed by atoms with van der Waals surface area (Å²) in [6.07, 6.45) is 0.281. The van der Waals surface area contributed by atoms with E-state index in [2.05, 4.69) is 0 Å². The van der Waals surface area contributed by atoms with Crippen LogP contribution in [-0.4, -0.2) is 22.2 Å². The molecule has 0 spiro atoms. The summed E-state index contributed by atoms with van der Waals surface area (Å²) >= 11 is 0. The van der Waals surface area contributed by atoms with Gasteiger partial charge in [0, 0.05) is 0 Å². The molecule has 1 rings (SSSR count). The Morgan fingerprint density at radius 2 is 2.07 bits per heavy atom. The molecule has 0 amide bonds. The minimum atomic E-state index is -1.01. The zero-order valence-corrected chi connectivity index (χ0v) is 7.68. The lowest BCUT2D eigenvalue weighted by Gasteiger charge is -2.07. The Balaban J connectivity index is 2.71. The first-order valence-electron chi connectivity index (χ1n) is 4.30. The molecule has 0 aliphatic heterocycles. The predicted molar refractivity (Wildman–Crippen MR) is 51.7 cm³/mol. The molecule has 4 nitrogen and oxygen atoms in total. The maximum absolute atomic E-state index is 10.5. The lowest BCUT2D eigenvalue weighted by atomic mass is 10.0. The summed E-state index contributed by atoms with van der Waals surface area (Å²) in [5, 5.41) is 17.5. The van der Waals surface area contributed by atoms with Gasteiger partial charge >= 0.3 is 5.97 Å². The van der Waals surface area contributed by atoms with Crippen molar-refractivity contribution in [2.45, 2.75) is 19.1 Å². The Morgan fingerprint density at radius 3 is 2.64 bits per heavy atom. The van der Waals surface area contributed by atoms with Crippen LogP contribution in [0.1, 0.15) is 11.1 Å². The molecule has 0 fully saturated rings. The van der Waals surface area contributed by atoms with Crippen LogP contribution in [0.4, 0.5) is 0 Å². The molecule has 1 atom stereocenters. The molecule has 1 unspecified atom stereocenters. The summed E-state index contributed by atoms with van der Waals surface area (Å²) in [5.41, 5.74) is 6.97. The number of hydrogen-bond donors (Lipinski definition) is 3. The fraction of sp³-hybridized carbons (Fsp3) is 0.300. The number of aliphatic carboxylic acids is 1. The zero-order valence-electron chi connectivity index (χ0n) is 7.68. The van der Waals surface area contributed by atoms with Crippen molar-refractivity contribution in [2.24, 2.45) is 5.73 Å². The van der Waals surface area contributed by atoms with Crippen molar-refractivity contribution in [3.05, 3.63) is 35.4 Å². The average Bonchev–Trinajstić information content (AvgIpc) is 2.18. The lowest BCUT2D eigenvalue weighted by Crippen LogP contribution is -2.32. The molecule has 76 valence electrons. The molecule has 0 saturated carbocycles. The van der Waals surface area contributed by atoms with Gasteiger partial charge in [0.15, 0.2) is 0 Å². The molecule has 0 bridgehead atoms. The maximum atomic E-state index is 10.5. The number of aliphatic hydroxyl groups is 1. The summed E-state index contributed by atoms with van der Waals surface area (Å²) < 4.78 is 0. The molecule has 4 heteroatoms. The molecular formula is C10H13NO3. The molecule has 0 radical (unpaired) electrons. The van der Waals surface area contributed by atoms with Gasteiger partial charge < -0.3 is 15.9 Å². The second-order valence-electron chi connectivity index (χ2n) is 3.13. The quantitative estimate of drug-likeness (QED) is 0.637. The number of rotatable bonds is 4. The van der Waals surface area contributed by atoms with E-state index in [1.165, 1.54) is 0 Å². The Kier molecular flexibility index (Phi) is 3.62. The predicted octanol–water partition coefficient (Wildman–Crippen LogP) is 0.133. The van der Waals surface area contributed by atoms with E-state index >= 15 is 0 Å². The van der Waals surface area contributed by atoms with E-state index in [4.69, 9.17) is 15.9 Å². The monoisotopic (exact) mass is 195 g/mol. The van der Waals surface area contributed by atoms with Gasteiger partial charge in [-0.2, -0.15) is 0 Å². The number of aliphatic hydroxyl groups excluding tert-OH is 1. The molecule has 14 heavy (non-hydrogen) atoms. The Morgan fingerprint density at radius 1 is 1.43 bits per heavy atom. The topological polar surface area (TPSA) is 83.5 Å². The number of benzene rings is 1. The third kappa shape index (κ3) is 2.83. The fourth-order valence-electron chi connectivity index (χ4n) is 1.20. The second-order valence-corrected chi connectivity index (χ2v) is 3.13. The van der Waals surface area contributed by atoms with Crippen LogP contribution in [-0.2, 0) is 17.8 Å². The van der Waals surface area contributed by atoms with E-state index in [-0.39, 0.29) is 13.0 Å². The maximum Gasteiger partial charge on any atom is 0.320 e. The van der Waals surface area contributed by atoms with Gasteiger partial charge in [-0.3, -0.25) is 4.79 Å². The Bertz CT molecular complexity index is 325. The van der Waals surface area contributed by atoms with Crippen LogP contribution in [0.3, 0.4) is 0 Å². The number of hydrogen-bond acceptors (Lipinski definition) is 3. The highest BCUT2D eigenvalue weighted by molar-refractivity contribution is 5.73. The van der Waals surface area contributed by atoms with Gasteiger partial charge in [-0.05, 0) is 17.5 Å². The van der Waals surface area contributed by atoms with E-state index in [0.29, 0.717) is 0 Å². The first kappa shape index (κ1) is 10.7. The number of nitrogens with two attached hydrogens (primary N) is 1. The van der Waals surface area contributed by atoms with Crippen molar-refractivity contribution in [1.29, 1.82) is 0 Å². The van der Waals surface area contributed by atoms with Crippen molar-refractivity contribution >= 4 is 5.97 Å². The standard InChI is InChI=1S/C10H13NO3/c11-9(10(13)14)5-7-2-1-3-8(4-7)6-12/h1-4,9,12H,5-6,11H2,(H,13,14). The normalized spacial score (nSPS) is 12.4. The highest BCUT2D eigenvalue weighted by Gasteiger charge is 2.11. The average molecular weight is 195 g/mol. The van der Waals surface area contributed by atoms with Gasteiger partial charge in [0.05, 0.1) is 6.61 Å². The van der Waals surface area contributed by atoms with Gasteiger partial charge in [0.1, 0.15) is 6.04 Å². The molecule has 4 N–H and O–H groups in total. The van der Waals surface area contributed by atoms with Gasteiger partial charge in [-0.25, -0.2) is 0 Å². The van der Waals surface area contributed by atoms with Crippen LogP contribution in [0.5, 0.6) is 0 Å². The molecule has 0 aliphatic rings. The van der Waals surface area contributed by atoms with E-state index in [0.717, 1.165) is 11.1 Å². The number of carboxylic acid groups (broad SMARTS) is 1. The minimum absolute atomic E-state index is 0.0455. The first-order valence-corrected chi connectivity index (χ1v) is 4.30. The third-order valence-corrected chi connectivity index (χ3v) is 1.95. The van der Waals surface area contributed by atoms with Crippen LogP contribution in [0, 0.1) is 0 Å². The summed E-state index contributed by atoms with van der Waals surface area (Å²) in [7, 11) is 0. The van der Waals surface area contributed by atoms with Gasteiger partial charge in [-0.1, -0.05) is 24.3 Å². The van der Waals surface area contributed by atoms with Crippen molar-refractivity contribution < 1.29 is 15.0 Å². The Hall–Kier alpha value is -1.39. The summed E-state index contributed by atoms with van der Waals surface area (Å²) in [6.45, 7) is -0.0455. The molecule has 1 aromatic rings. The van der Waals surface area contributed by atoms with Crippen LogP contribution in [0.2, 0.25) is 0 Å². The van der Waals surface area contributed by atoms with Crippen LogP contribution >= 0.6 is 0 Å². The molecule has 0 aromatic heterocycles. The second kappa shape index (κ2) is 4.74. The highest BCUT2D eigenvalue weighted by Crippen LogP contribution is 2.07. The highest BCUT2D eigenvalue weighted by atomic mass is 16.4. The van der Waals surface area contributed by atoms with E-state index in [9.17, 15) is 4.79 Å². The smallest absolute Gasteiger partial charge is 0.320 e. The fourth-order valence-corrected chi connectivity index (χ4v) is 1.20. The van der Waals surface area contributed by atoms with Crippen molar-refractivity contribution in [1.82, 2.24) is 0 Å². The largest absolute Gasteiger partial charge is 0.480 e. The zero-order chi connectivity index (χ0) is 10.6. The third-order valence-electron chi connectivity index (χ3n) is 1.95. The van der Waals surface area contributed by atoms with E-state index < -0.39 is 12.0 Å². The van der Waals surface area contributed by atoms with Crippen LogP contribution < -0.4 is 5.73 Å². The summed E-state index contributed by atoms with van der Waals surface area (Å²) in [4.78, 5) is 10.5. The molecule has 0 saturated heterocycles. The minimum Gasteiger partial charge on any atom is -0.480 e. The van der Waals surface area contributed by atoms with Crippen molar-refractivity contribution in [3.8, 4) is 0 Å². The summed E-state index contributed by atoms with van der Waals surface area (Å²) in [5.74, 6) is -1.01. The summed E-state index contributed by atoms with van der Waals surface area (Å²) in [6, 6.07) is 6.21. The van der Waals surface area contributed by atoms with Gasteiger partial charge in [0.2, 0.25) is 0 Å². The number of carbonyl (C=O) groups is 1. The molecule has 0 aliphatic carbocycles. The van der Waals surface area contributed by atoms with E-state index in [1.54, 1.807) is 24.3 Å². The van der Waals surface area contributed by atoms with Gasteiger partial charge in [0.25, 0.3) is 0 Å². The van der Waals surface area contributed by atoms with Gasteiger partial charge in [-0.15, -0.1) is 0 Å². The Labute approximate surface area is 82.0 Å².